The first kappa shape index (κ1) is 37.9. The Morgan fingerprint density at radius 2 is 0.672 bits per heavy atom. The second-order valence-corrected chi connectivity index (χ2v) is 18.8. The van der Waals surface area contributed by atoms with Crippen molar-refractivity contribution in [1.82, 2.24) is 9.13 Å². The topological polar surface area (TPSA) is 9.86 Å². The molecule has 1 aliphatic carbocycles. The lowest BCUT2D eigenvalue weighted by Gasteiger charge is -2.23. The average Bonchev–Trinajstić information content (AvgIpc) is 3.98. The van der Waals surface area contributed by atoms with Gasteiger partial charge in [-0.1, -0.05) is 190 Å². The van der Waals surface area contributed by atoms with Crippen LogP contribution < -0.4 is 0 Å². The van der Waals surface area contributed by atoms with Crippen molar-refractivity contribution in [3.63, 3.8) is 0 Å². The molecular weight excluding hydrogens is 809 g/mol. The van der Waals surface area contributed by atoms with Crippen LogP contribution in [0.15, 0.2) is 231 Å². The van der Waals surface area contributed by atoms with Gasteiger partial charge in [0.05, 0.1) is 22.1 Å². The SMILES string of the molecule is CC1(C)c2ccccc2-c2ccc(-c3c4ccc(-n5c6ccccc6c6ccccc65)cc4c(-c4ccc(-c5ccccc5)cc4)c4ccc(-n5c6ccccc6c6ccccc65)cc34)cc21. The second kappa shape index (κ2) is 14.3. The molecule has 0 fully saturated rings. The molecule has 0 aliphatic heterocycles. The molecule has 0 unspecified atom stereocenters. The molecule has 13 aromatic rings. The van der Waals surface area contributed by atoms with Gasteiger partial charge in [0.1, 0.15) is 0 Å². The Bertz CT molecular complexity index is 4060. The molecule has 0 N–H and O–H groups in total. The fourth-order valence-corrected chi connectivity index (χ4v) is 11.8. The van der Waals surface area contributed by atoms with E-state index < -0.39 is 0 Å². The molecule has 1 aliphatic rings. The van der Waals surface area contributed by atoms with Gasteiger partial charge < -0.3 is 9.13 Å². The third kappa shape index (κ3) is 5.51. The van der Waals surface area contributed by atoms with Gasteiger partial charge in [-0.3, -0.25) is 0 Å². The molecule has 0 radical (unpaired) electrons. The summed E-state index contributed by atoms with van der Waals surface area (Å²) in [6.45, 7) is 4.77. The molecule has 0 atom stereocenters. The minimum absolute atomic E-state index is 0.147. The molecule has 0 spiro atoms. The van der Waals surface area contributed by atoms with Gasteiger partial charge in [0, 0.05) is 38.3 Å². The molecule has 2 aromatic heterocycles. The number of benzene rings is 11. The van der Waals surface area contributed by atoms with Crippen LogP contribution in [0.5, 0.6) is 0 Å². The Morgan fingerprint density at radius 1 is 0.269 bits per heavy atom. The molecule has 11 aromatic carbocycles. The first-order valence-electron chi connectivity index (χ1n) is 23.4. The fraction of sp³-hybridized carbons (Fsp3) is 0.0462. The van der Waals surface area contributed by atoms with Crippen LogP contribution in [0.25, 0.3) is 121 Å². The highest BCUT2D eigenvalue weighted by molar-refractivity contribution is 6.23. The van der Waals surface area contributed by atoms with Crippen LogP contribution in [0.1, 0.15) is 25.0 Å². The van der Waals surface area contributed by atoms with E-state index in [9.17, 15) is 0 Å². The lowest BCUT2D eigenvalue weighted by atomic mass is 9.80. The van der Waals surface area contributed by atoms with E-state index in [0.717, 1.165) is 11.4 Å². The lowest BCUT2D eigenvalue weighted by molar-refractivity contribution is 0.660. The Morgan fingerprint density at radius 3 is 1.21 bits per heavy atom. The third-order valence-electron chi connectivity index (χ3n) is 14.9. The smallest absolute Gasteiger partial charge is 0.0541 e. The first-order valence-corrected chi connectivity index (χ1v) is 23.4. The standard InChI is InChI=1S/C65H44N2/c1-65(2)57-23-11-6-18-47(57)48-35-32-44(38-58(48)65)64-54-37-34-45(66-59-24-12-7-19-49(59)50-20-8-13-25-60(50)66)39-55(54)63(43-30-28-42(29-31-43)41-16-4-3-5-17-41)53-36-33-46(40-56(53)64)67-61-26-14-9-21-51(61)52-22-10-15-27-62(52)67/h3-40H,1-2H3. The maximum Gasteiger partial charge on any atom is 0.0541 e. The Kier molecular flexibility index (Phi) is 8.06. The van der Waals surface area contributed by atoms with Crippen LogP contribution in [-0.4, -0.2) is 9.13 Å². The minimum atomic E-state index is -0.147. The first-order chi connectivity index (χ1) is 33.0. The number of nitrogens with zero attached hydrogens (tertiary/aromatic N) is 2. The molecule has 2 heterocycles. The lowest BCUT2D eigenvalue weighted by Crippen LogP contribution is -2.14. The van der Waals surface area contributed by atoms with Crippen LogP contribution in [-0.2, 0) is 5.41 Å². The summed E-state index contributed by atoms with van der Waals surface area (Å²) in [6, 6.07) is 85.9. The van der Waals surface area contributed by atoms with Crippen molar-refractivity contribution in [3.05, 3.63) is 242 Å². The average molecular weight is 853 g/mol. The number of rotatable bonds is 5. The van der Waals surface area contributed by atoms with Crippen molar-refractivity contribution in [2.45, 2.75) is 19.3 Å². The van der Waals surface area contributed by atoms with Gasteiger partial charge in [0.15, 0.2) is 0 Å². The van der Waals surface area contributed by atoms with Crippen molar-refractivity contribution < 1.29 is 0 Å². The van der Waals surface area contributed by atoms with E-state index in [1.807, 2.05) is 0 Å². The summed E-state index contributed by atoms with van der Waals surface area (Å²) in [7, 11) is 0. The highest BCUT2D eigenvalue weighted by atomic mass is 15.0. The second-order valence-electron chi connectivity index (χ2n) is 18.8. The third-order valence-corrected chi connectivity index (χ3v) is 14.9. The zero-order valence-corrected chi connectivity index (χ0v) is 37.3. The van der Waals surface area contributed by atoms with E-state index in [0.29, 0.717) is 0 Å². The number of hydrogen-bond acceptors (Lipinski definition) is 0. The quantitative estimate of drug-likeness (QED) is 0.153. The van der Waals surface area contributed by atoms with Crippen LogP contribution in [0, 0.1) is 0 Å². The molecule has 0 saturated heterocycles. The van der Waals surface area contributed by atoms with Gasteiger partial charge in [0.2, 0.25) is 0 Å². The molecule has 2 nitrogen and oxygen atoms in total. The molecule has 2 heteroatoms. The summed E-state index contributed by atoms with van der Waals surface area (Å²) < 4.78 is 4.91. The van der Waals surface area contributed by atoms with Crippen molar-refractivity contribution in [3.8, 4) is 55.9 Å². The monoisotopic (exact) mass is 852 g/mol. The van der Waals surface area contributed by atoms with Crippen LogP contribution in [0.2, 0.25) is 0 Å². The highest BCUT2D eigenvalue weighted by Gasteiger charge is 2.35. The number of hydrogen-bond donors (Lipinski definition) is 0. The molecule has 0 saturated carbocycles. The number of aromatic nitrogens is 2. The maximum absolute atomic E-state index is 2.51. The van der Waals surface area contributed by atoms with Gasteiger partial charge in [-0.25, -0.2) is 0 Å². The van der Waals surface area contributed by atoms with Gasteiger partial charge in [-0.15, -0.1) is 0 Å². The van der Waals surface area contributed by atoms with Crippen molar-refractivity contribution in [1.29, 1.82) is 0 Å². The fourth-order valence-electron chi connectivity index (χ4n) is 11.8. The molecular formula is C65H44N2. The van der Waals surface area contributed by atoms with Crippen LogP contribution >= 0.6 is 0 Å². The predicted molar refractivity (Wildman–Crippen MR) is 284 cm³/mol. The largest absolute Gasteiger partial charge is 0.309 e. The zero-order valence-electron chi connectivity index (χ0n) is 37.3. The van der Waals surface area contributed by atoms with E-state index in [1.165, 1.54) is 121 Å². The Labute approximate surface area is 389 Å². The van der Waals surface area contributed by atoms with Gasteiger partial charge in [0.25, 0.3) is 0 Å². The molecule has 67 heavy (non-hydrogen) atoms. The summed E-state index contributed by atoms with van der Waals surface area (Å²) in [6.07, 6.45) is 0. The van der Waals surface area contributed by atoms with Gasteiger partial charge >= 0.3 is 0 Å². The summed E-state index contributed by atoms with van der Waals surface area (Å²) in [5.41, 5.74) is 19.7. The summed E-state index contributed by atoms with van der Waals surface area (Å²) >= 11 is 0. The Hall–Kier alpha value is -8.46. The maximum atomic E-state index is 2.51. The zero-order chi connectivity index (χ0) is 44.4. The van der Waals surface area contributed by atoms with Gasteiger partial charge in [-0.2, -0.15) is 0 Å². The molecule has 314 valence electrons. The normalized spacial score (nSPS) is 13.0. The van der Waals surface area contributed by atoms with E-state index in [4.69, 9.17) is 0 Å². The number of fused-ring (bicyclic) bond motifs is 11. The number of para-hydroxylation sites is 4. The van der Waals surface area contributed by atoms with Crippen molar-refractivity contribution >= 4 is 65.2 Å². The van der Waals surface area contributed by atoms with Crippen molar-refractivity contribution in [2.24, 2.45) is 0 Å². The summed E-state index contributed by atoms with van der Waals surface area (Å²) in [5, 5.41) is 9.94. The molecule has 0 amide bonds. The van der Waals surface area contributed by atoms with E-state index >= 15 is 0 Å². The van der Waals surface area contributed by atoms with Crippen LogP contribution in [0.4, 0.5) is 0 Å². The highest BCUT2D eigenvalue weighted by Crippen LogP contribution is 2.52. The van der Waals surface area contributed by atoms with Gasteiger partial charge in [-0.05, 0) is 132 Å². The Balaban J connectivity index is 1.11. The summed E-state index contributed by atoms with van der Waals surface area (Å²) in [5.74, 6) is 0. The van der Waals surface area contributed by atoms with Crippen molar-refractivity contribution in [2.75, 3.05) is 0 Å². The van der Waals surface area contributed by atoms with E-state index in [1.54, 1.807) is 0 Å². The minimum Gasteiger partial charge on any atom is -0.309 e. The predicted octanol–water partition coefficient (Wildman–Crippen LogP) is 17.5. The van der Waals surface area contributed by atoms with Crippen LogP contribution in [0.3, 0.4) is 0 Å². The molecule has 0 bridgehead atoms. The molecule has 14 rings (SSSR count). The summed E-state index contributed by atoms with van der Waals surface area (Å²) in [4.78, 5) is 0. The van der Waals surface area contributed by atoms with E-state index in [2.05, 4.69) is 254 Å². The van der Waals surface area contributed by atoms with E-state index in [-0.39, 0.29) is 5.41 Å².